The Hall–Kier alpha value is -6.24. The molecule has 232 valence electrons. The van der Waals surface area contributed by atoms with Gasteiger partial charge < -0.3 is 0 Å². The van der Waals surface area contributed by atoms with Crippen LogP contribution in [0.15, 0.2) is 194 Å². The first-order chi connectivity index (χ1) is 24.8. The molecule has 0 aromatic heterocycles. The first-order valence-corrected chi connectivity index (χ1v) is 17.6. The van der Waals surface area contributed by atoms with Gasteiger partial charge in [-0.25, -0.2) is 0 Å². The second kappa shape index (κ2) is 10.1. The molecule has 0 radical (unpaired) electrons. The Bertz CT molecular complexity index is 2550. The van der Waals surface area contributed by atoms with Crippen molar-refractivity contribution < 1.29 is 0 Å². The van der Waals surface area contributed by atoms with Gasteiger partial charge in [-0.05, 0) is 101 Å². The third-order valence-electron chi connectivity index (χ3n) is 11.8. The number of rotatable bonds is 3. The molecule has 0 unspecified atom stereocenters. The molecule has 8 aromatic rings. The van der Waals surface area contributed by atoms with Crippen LogP contribution in [0, 0.1) is 0 Å². The van der Waals surface area contributed by atoms with Crippen LogP contribution >= 0.6 is 0 Å². The maximum Gasteiger partial charge on any atom is 0.0725 e. The van der Waals surface area contributed by atoms with Crippen LogP contribution in [0.3, 0.4) is 0 Å². The van der Waals surface area contributed by atoms with Gasteiger partial charge in [0.25, 0.3) is 0 Å². The quantitative estimate of drug-likeness (QED) is 0.182. The van der Waals surface area contributed by atoms with Crippen LogP contribution in [0.4, 0.5) is 0 Å². The number of hydrogen-bond donors (Lipinski definition) is 0. The van der Waals surface area contributed by atoms with Crippen molar-refractivity contribution in [1.29, 1.82) is 0 Å². The van der Waals surface area contributed by atoms with Crippen molar-refractivity contribution >= 4 is 0 Å². The molecular weight excluding hydrogens is 601 g/mol. The molecule has 0 saturated heterocycles. The predicted molar refractivity (Wildman–Crippen MR) is 205 cm³/mol. The van der Waals surface area contributed by atoms with E-state index < -0.39 is 5.41 Å². The summed E-state index contributed by atoms with van der Waals surface area (Å²) in [6, 6.07) is 72.8. The van der Waals surface area contributed by atoms with E-state index in [-0.39, 0.29) is 5.41 Å². The molecule has 50 heavy (non-hydrogen) atoms. The summed E-state index contributed by atoms with van der Waals surface area (Å²) in [4.78, 5) is 0. The Morgan fingerprint density at radius 3 is 1.10 bits per heavy atom. The fourth-order valence-electron chi connectivity index (χ4n) is 9.92. The Morgan fingerprint density at radius 2 is 0.600 bits per heavy atom. The molecule has 0 bridgehead atoms. The van der Waals surface area contributed by atoms with Crippen LogP contribution in [0.5, 0.6) is 0 Å². The van der Waals surface area contributed by atoms with E-state index in [2.05, 4.69) is 194 Å². The summed E-state index contributed by atoms with van der Waals surface area (Å²) in [7, 11) is 0. The van der Waals surface area contributed by atoms with Gasteiger partial charge in [-0.15, -0.1) is 0 Å². The van der Waals surface area contributed by atoms with Gasteiger partial charge in [-0.2, -0.15) is 0 Å². The Kier molecular flexibility index (Phi) is 5.61. The fraction of sp³-hybridized carbons (Fsp3) is 0.0400. The molecule has 0 atom stereocenters. The average Bonchev–Trinajstić information content (AvgIpc) is 3.79. The van der Waals surface area contributed by atoms with Gasteiger partial charge >= 0.3 is 0 Å². The highest BCUT2D eigenvalue weighted by Crippen LogP contribution is 2.63. The maximum absolute atomic E-state index is 2.50. The van der Waals surface area contributed by atoms with Crippen molar-refractivity contribution in [3.05, 3.63) is 239 Å². The van der Waals surface area contributed by atoms with Crippen LogP contribution in [0.2, 0.25) is 0 Å². The minimum absolute atomic E-state index is 0.360. The fourth-order valence-corrected chi connectivity index (χ4v) is 9.92. The van der Waals surface area contributed by atoms with Gasteiger partial charge in [0.1, 0.15) is 0 Å². The zero-order valence-corrected chi connectivity index (χ0v) is 27.5. The lowest BCUT2D eigenvalue weighted by atomic mass is 9.67. The van der Waals surface area contributed by atoms with Crippen molar-refractivity contribution in [3.63, 3.8) is 0 Å². The van der Waals surface area contributed by atoms with Crippen LogP contribution in [-0.2, 0) is 10.8 Å². The SMILES string of the molecule is c1ccc(C2(c3cccc(-c4ccc5c(c4)C4(c6ccccc6-c6ccccc64)c4ccccc4-5)c3)c3ccccc3-c3ccccc32)cc1. The van der Waals surface area contributed by atoms with Gasteiger partial charge in [0.2, 0.25) is 0 Å². The largest absolute Gasteiger partial charge is 0.0725 e. The molecule has 0 amide bonds. The lowest BCUT2D eigenvalue weighted by molar-refractivity contribution is 0.769. The molecule has 8 aromatic carbocycles. The van der Waals surface area contributed by atoms with E-state index in [1.165, 1.54) is 89.0 Å². The van der Waals surface area contributed by atoms with Crippen LogP contribution in [0.1, 0.15) is 44.5 Å². The normalized spacial score (nSPS) is 14.7. The third-order valence-corrected chi connectivity index (χ3v) is 11.8. The van der Waals surface area contributed by atoms with E-state index in [0.717, 1.165) is 0 Å². The molecule has 0 nitrogen and oxygen atoms in total. The highest BCUT2D eigenvalue weighted by Gasteiger charge is 2.51. The molecule has 0 N–H and O–H groups in total. The van der Waals surface area contributed by atoms with E-state index in [0.29, 0.717) is 0 Å². The second-order valence-corrected chi connectivity index (χ2v) is 13.9. The zero-order chi connectivity index (χ0) is 32.9. The topological polar surface area (TPSA) is 0 Å². The first-order valence-electron chi connectivity index (χ1n) is 17.6. The molecule has 11 rings (SSSR count). The minimum atomic E-state index is -0.429. The van der Waals surface area contributed by atoms with Crippen LogP contribution < -0.4 is 0 Å². The van der Waals surface area contributed by atoms with Crippen molar-refractivity contribution in [2.75, 3.05) is 0 Å². The number of hydrogen-bond acceptors (Lipinski definition) is 0. The summed E-state index contributed by atoms with van der Waals surface area (Å²) in [6.45, 7) is 0. The molecule has 1 spiro atoms. The standard InChI is InChI=1S/C50H32/c1-2-16-35(17-3-1)49(43-24-9-4-19-37(43)38-20-5-10-25-44(38)49)36-18-14-15-33(31-36)34-29-30-42-41-23-8-13-28-47(41)50(48(42)32-34)45-26-11-6-21-39(45)40-22-7-12-27-46(40)50/h1-32H. The van der Waals surface area contributed by atoms with Crippen molar-refractivity contribution in [1.82, 2.24) is 0 Å². The Morgan fingerprint density at radius 1 is 0.220 bits per heavy atom. The second-order valence-electron chi connectivity index (χ2n) is 13.9. The Balaban J connectivity index is 1.17. The van der Waals surface area contributed by atoms with E-state index >= 15 is 0 Å². The first kappa shape index (κ1) is 27.7. The van der Waals surface area contributed by atoms with Crippen molar-refractivity contribution in [2.45, 2.75) is 10.8 Å². The zero-order valence-electron chi connectivity index (χ0n) is 27.5. The van der Waals surface area contributed by atoms with Gasteiger partial charge in [0.15, 0.2) is 0 Å². The molecular formula is C50H32. The summed E-state index contributed by atoms with van der Waals surface area (Å²) >= 11 is 0. The summed E-state index contributed by atoms with van der Waals surface area (Å²) in [6.07, 6.45) is 0. The highest BCUT2D eigenvalue weighted by atomic mass is 14.5. The molecule has 0 aliphatic heterocycles. The minimum Gasteiger partial charge on any atom is -0.0622 e. The molecule has 0 saturated carbocycles. The van der Waals surface area contributed by atoms with Crippen molar-refractivity contribution in [2.24, 2.45) is 0 Å². The van der Waals surface area contributed by atoms with Gasteiger partial charge in [0, 0.05) is 0 Å². The van der Waals surface area contributed by atoms with E-state index in [9.17, 15) is 0 Å². The Labute approximate surface area is 293 Å². The predicted octanol–water partition coefficient (Wildman–Crippen LogP) is 12.1. The van der Waals surface area contributed by atoms with E-state index in [1.54, 1.807) is 0 Å². The summed E-state index contributed by atoms with van der Waals surface area (Å²) in [5.41, 5.74) is 20.4. The lowest BCUT2D eigenvalue weighted by Crippen LogP contribution is -2.28. The molecule has 3 aliphatic rings. The highest BCUT2D eigenvalue weighted by molar-refractivity contribution is 5.96. The van der Waals surface area contributed by atoms with Gasteiger partial charge in [-0.1, -0.05) is 182 Å². The number of benzene rings is 8. The number of fused-ring (bicyclic) bond motifs is 13. The average molecular weight is 633 g/mol. The van der Waals surface area contributed by atoms with Gasteiger partial charge in [0.05, 0.1) is 10.8 Å². The monoisotopic (exact) mass is 632 g/mol. The smallest absolute Gasteiger partial charge is 0.0622 e. The summed E-state index contributed by atoms with van der Waals surface area (Å²) < 4.78 is 0. The molecule has 3 aliphatic carbocycles. The molecule has 0 heterocycles. The maximum atomic E-state index is 2.50. The molecule has 0 fully saturated rings. The van der Waals surface area contributed by atoms with E-state index in [1.807, 2.05) is 0 Å². The van der Waals surface area contributed by atoms with Crippen LogP contribution in [0.25, 0.3) is 44.5 Å². The van der Waals surface area contributed by atoms with Crippen molar-refractivity contribution in [3.8, 4) is 44.5 Å². The van der Waals surface area contributed by atoms with Gasteiger partial charge in [-0.3, -0.25) is 0 Å². The summed E-state index contributed by atoms with van der Waals surface area (Å²) in [5.74, 6) is 0. The molecule has 0 heteroatoms. The van der Waals surface area contributed by atoms with E-state index in [4.69, 9.17) is 0 Å². The lowest BCUT2D eigenvalue weighted by Gasteiger charge is -2.34. The van der Waals surface area contributed by atoms with Crippen LogP contribution in [-0.4, -0.2) is 0 Å². The third kappa shape index (κ3) is 3.36. The summed E-state index contributed by atoms with van der Waals surface area (Å²) in [5, 5.41) is 0.